The SMILES string of the molecule is Cc1c(/C=N\NC(=O)c2ccccc2)c2ccccc2n1Cc1ccc(F)cc1. The fourth-order valence-electron chi connectivity index (χ4n) is 3.41. The number of benzene rings is 3. The number of hydrogen-bond acceptors (Lipinski definition) is 2. The molecule has 0 aliphatic heterocycles. The second-order valence-corrected chi connectivity index (χ2v) is 6.79. The Morgan fingerprint density at radius 3 is 2.45 bits per heavy atom. The van der Waals surface area contributed by atoms with Crippen LogP contribution in [-0.2, 0) is 6.54 Å². The van der Waals surface area contributed by atoms with Crippen molar-refractivity contribution in [2.45, 2.75) is 13.5 Å². The van der Waals surface area contributed by atoms with Gasteiger partial charge < -0.3 is 4.57 Å². The third kappa shape index (κ3) is 3.94. The van der Waals surface area contributed by atoms with Crippen molar-refractivity contribution < 1.29 is 9.18 Å². The van der Waals surface area contributed by atoms with Gasteiger partial charge in [0.05, 0.1) is 6.21 Å². The van der Waals surface area contributed by atoms with E-state index in [-0.39, 0.29) is 11.7 Å². The predicted molar refractivity (Wildman–Crippen MR) is 114 cm³/mol. The summed E-state index contributed by atoms with van der Waals surface area (Å²) in [5, 5.41) is 5.22. The highest BCUT2D eigenvalue weighted by molar-refractivity contribution is 6.02. The number of nitrogens with one attached hydrogen (secondary N) is 1. The highest BCUT2D eigenvalue weighted by atomic mass is 19.1. The van der Waals surface area contributed by atoms with Gasteiger partial charge in [-0.05, 0) is 42.8 Å². The molecule has 3 aromatic carbocycles. The van der Waals surface area contributed by atoms with E-state index in [4.69, 9.17) is 0 Å². The molecule has 0 fully saturated rings. The van der Waals surface area contributed by atoms with Crippen molar-refractivity contribution in [3.63, 3.8) is 0 Å². The second-order valence-electron chi connectivity index (χ2n) is 6.79. The van der Waals surface area contributed by atoms with E-state index in [1.54, 1.807) is 30.5 Å². The summed E-state index contributed by atoms with van der Waals surface area (Å²) in [5.41, 5.74) is 7.17. The summed E-state index contributed by atoms with van der Waals surface area (Å²) in [7, 11) is 0. The van der Waals surface area contributed by atoms with E-state index >= 15 is 0 Å². The first-order chi connectivity index (χ1) is 14.1. The topological polar surface area (TPSA) is 46.4 Å². The molecule has 1 N–H and O–H groups in total. The van der Waals surface area contributed by atoms with Crippen LogP contribution >= 0.6 is 0 Å². The molecule has 0 aliphatic rings. The van der Waals surface area contributed by atoms with Crippen LogP contribution in [0.2, 0.25) is 0 Å². The van der Waals surface area contributed by atoms with Gasteiger partial charge in [-0.25, -0.2) is 9.82 Å². The number of amides is 1. The molecule has 0 unspecified atom stereocenters. The first kappa shape index (κ1) is 18.6. The maximum Gasteiger partial charge on any atom is 0.271 e. The van der Waals surface area contributed by atoms with E-state index < -0.39 is 0 Å². The molecule has 29 heavy (non-hydrogen) atoms. The molecule has 0 bridgehead atoms. The number of carbonyl (C=O) groups excluding carboxylic acids is 1. The Bertz CT molecular complexity index is 1180. The van der Waals surface area contributed by atoms with Gasteiger partial charge in [0.25, 0.3) is 5.91 Å². The van der Waals surface area contributed by atoms with Crippen LogP contribution < -0.4 is 5.43 Å². The number of fused-ring (bicyclic) bond motifs is 1. The molecule has 1 heterocycles. The van der Waals surface area contributed by atoms with Gasteiger partial charge in [0.2, 0.25) is 0 Å². The maximum absolute atomic E-state index is 13.2. The van der Waals surface area contributed by atoms with Crippen molar-refractivity contribution in [2.75, 3.05) is 0 Å². The van der Waals surface area contributed by atoms with Gasteiger partial charge in [-0.15, -0.1) is 0 Å². The van der Waals surface area contributed by atoms with E-state index in [0.29, 0.717) is 12.1 Å². The molecule has 0 spiro atoms. The molecule has 4 rings (SSSR count). The number of para-hydroxylation sites is 1. The lowest BCUT2D eigenvalue weighted by Gasteiger charge is -2.08. The van der Waals surface area contributed by atoms with E-state index in [9.17, 15) is 9.18 Å². The van der Waals surface area contributed by atoms with Crippen molar-refractivity contribution in [3.05, 3.63) is 107 Å². The van der Waals surface area contributed by atoms with Crippen LogP contribution in [0.4, 0.5) is 4.39 Å². The molecule has 0 radical (unpaired) electrons. The lowest BCUT2D eigenvalue weighted by atomic mass is 10.1. The van der Waals surface area contributed by atoms with Gasteiger partial charge in [0.1, 0.15) is 5.82 Å². The van der Waals surface area contributed by atoms with E-state index in [0.717, 1.165) is 27.7 Å². The zero-order valence-corrected chi connectivity index (χ0v) is 16.0. The van der Waals surface area contributed by atoms with Crippen molar-refractivity contribution in [3.8, 4) is 0 Å². The summed E-state index contributed by atoms with van der Waals surface area (Å²) >= 11 is 0. The van der Waals surface area contributed by atoms with Crippen molar-refractivity contribution in [1.82, 2.24) is 9.99 Å². The quantitative estimate of drug-likeness (QED) is 0.385. The first-order valence-electron chi connectivity index (χ1n) is 9.34. The highest BCUT2D eigenvalue weighted by Gasteiger charge is 2.13. The number of aromatic nitrogens is 1. The Kier molecular flexibility index (Phi) is 5.20. The number of rotatable bonds is 5. The van der Waals surface area contributed by atoms with Gasteiger partial charge in [-0.1, -0.05) is 48.5 Å². The number of nitrogens with zero attached hydrogens (tertiary/aromatic N) is 2. The fraction of sp³-hybridized carbons (Fsp3) is 0.0833. The zero-order valence-electron chi connectivity index (χ0n) is 16.0. The molecule has 0 atom stereocenters. The zero-order chi connectivity index (χ0) is 20.2. The molecular weight excluding hydrogens is 365 g/mol. The van der Waals surface area contributed by atoms with Gasteiger partial charge in [-0.2, -0.15) is 5.10 Å². The molecule has 4 nitrogen and oxygen atoms in total. The van der Waals surface area contributed by atoms with Crippen LogP contribution in [0.15, 0.2) is 84.0 Å². The molecule has 0 saturated carbocycles. The lowest BCUT2D eigenvalue weighted by Crippen LogP contribution is -2.17. The fourth-order valence-corrected chi connectivity index (χ4v) is 3.41. The lowest BCUT2D eigenvalue weighted by molar-refractivity contribution is 0.0955. The highest BCUT2D eigenvalue weighted by Crippen LogP contribution is 2.25. The molecule has 5 heteroatoms. The number of hydrogen-bond donors (Lipinski definition) is 1. The second kappa shape index (κ2) is 8.10. The summed E-state index contributed by atoms with van der Waals surface area (Å²) in [5.74, 6) is -0.501. The summed E-state index contributed by atoms with van der Waals surface area (Å²) in [6.45, 7) is 2.64. The summed E-state index contributed by atoms with van der Waals surface area (Å²) < 4.78 is 15.4. The molecule has 1 aromatic heterocycles. The predicted octanol–water partition coefficient (Wildman–Crippen LogP) is 4.90. The van der Waals surface area contributed by atoms with Crippen LogP contribution in [0.3, 0.4) is 0 Å². The number of carbonyl (C=O) groups is 1. The molecule has 0 aliphatic carbocycles. The van der Waals surface area contributed by atoms with Crippen LogP contribution in [0.25, 0.3) is 10.9 Å². The summed E-state index contributed by atoms with van der Waals surface area (Å²) in [4.78, 5) is 12.2. The molecule has 0 saturated heterocycles. The summed E-state index contributed by atoms with van der Waals surface area (Å²) in [6, 6.07) is 23.5. The van der Waals surface area contributed by atoms with Crippen LogP contribution in [-0.4, -0.2) is 16.7 Å². The van der Waals surface area contributed by atoms with E-state index in [1.807, 2.05) is 49.4 Å². The van der Waals surface area contributed by atoms with Crippen molar-refractivity contribution >= 4 is 23.0 Å². The summed E-state index contributed by atoms with van der Waals surface area (Å²) in [6.07, 6.45) is 1.68. The third-order valence-electron chi connectivity index (χ3n) is 4.93. The standard InChI is InChI=1S/C24H20FN3O/c1-17-22(15-26-27-24(29)19-7-3-2-4-8-19)21-9-5-6-10-23(21)28(17)16-18-11-13-20(25)14-12-18/h2-15H,16H2,1H3,(H,27,29)/b26-15-. The molecule has 144 valence electrons. The third-order valence-corrected chi connectivity index (χ3v) is 4.93. The largest absolute Gasteiger partial charge is 0.340 e. The van der Waals surface area contributed by atoms with Crippen LogP contribution in [0, 0.1) is 12.7 Å². The Morgan fingerprint density at radius 1 is 1.00 bits per heavy atom. The van der Waals surface area contributed by atoms with E-state index in [2.05, 4.69) is 15.1 Å². The van der Waals surface area contributed by atoms with Gasteiger partial charge in [0, 0.05) is 34.3 Å². The van der Waals surface area contributed by atoms with Gasteiger partial charge in [-0.3, -0.25) is 4.79 Å². The molecule has 1 amide bonds. The number of hydrazone groups is 1. The maximum atomic E-state index is 13.2. The Labute approximate surface area is 168 Å². The molecule has 4 aromatic rings. The van der Waals surface area contributed by atoms with Gasteiger partial charge >= 0.3 is 0 Å². The van der Waals surface area contributed by atoms with Gasteiger partial charge in [0.15, 0.2) is 0 Å². The first-order valence-corrected chi connectivity index (χ1v) is 9.34. The Hall–Kier alpha value is -3.73. The normalized spacial score (nSPS) is 11.2. The Morgan fingerprint density at radius 2 is 1.69 bits per heavy atom. The monoisotopic (exact) mass is 385 g/mol. The van der Waals surface area contributed by atoms with Crippen molar-refractivity contribution in [2.24, 2.45) is 5.10 Å². The molecular formula is C24H20FN3O. The smallest absolute Gasteiger partial charge is 0.271 e. The average molecular weight is 385 g/mol. The average Bonchev–Trinajstić information content (AvgIpc) is 3.02. The number of halogens is 1. The van der Waals surface area contributed by atoms with Crippen molar-refractivity contribution in [1.29, 1.82) is 0 Å². The van der Waals surface area contributed by atoms with Crippen LogP contribution in [0.1, 0.15) is 27.2 Å². The van der Waals surface area contributed by atoms with Crippen LogP contribution in [0.5, 0.6) is 0 Å². The van der Waals surface area contributed by atoms with E-state index in [1.165, 1.54) is 12.1 Å². The minimum Gasteiger partial charge on any atom is -0.340 e. The Balaban J connectivity index is 1.63. The minimum absolute atomic E-state index is 0.246. The minimum atomic E-state index is -0.255.